The Morgan fingerprint density at radius 3 is 2.69 bits per heavy atom. The van der Waals surface area contributed by atoms with Crippen molar-refractivity contribution in [3.05, 3.63) is 45.9 Å². The van der Waals surface area contributed by atoms with Gasteiger partial charge in [-0.25, -0.2) is 9.78 Å². The first-order chi connectivity index (χ1) is 17.1. The van der Waals surface area contributed by atoms with Gasteiger partial charge in [-0.05, 0) is 11.6 Å². The van der Waals surface area contributed by atoms with Gasteiger partial charge >= 0.3 is 5.97 Å². The molecule has 36 heavy (non-hydrogen) atoms. The molecule has 2 aliphatic rings. The number of hydrogen-bond donors (Lipinski definition) is 4. The van der Waals surface area contributed by atoms with Crippen LogP contribution < -0.4 is 11.1 Å². The third-order valence-electron chi connectivity index (χ3n) is 5.17. The van der Waals surface area contributed by atoms with E-state index in [1.807, 2.05) is 0 Å². The van der Waals surface area contributed by atoms with Gasteiger partial charge < -0.3 is 30.8 Å². The van der Waals surface area contributed by atoms with Crippen molar-refractivity contribution in [3.8, 4) is 0 Å². The molecule has 0 aromatic carbocycles. The minimum Gasteiger partial charge on any atom is -0.477 e. The molecule has 2 aromatic heterocycles. The van der Waals surface area contributed by atoms with Crippen molar-refractivity contribution in [1.82, 2.24) is 25.3 Å². The Labute approximate surface area is 211 Å². The fourth-order valence-electron chi connectivity index (χ4n) is 3.47. The maximum absolute atomic E-state index is 12.8. The highest BCUT2D eigenvalue weighted by molar-refractivity contribution is 8.00. The van der Waals surface area contributed by atoms with Crippen LogP contribution in [-0.2, 0) is 14.4 Å². The van der Waals surface area contributed by atoms with Crippen molar-refractivity contribution < 1.29 is 34.0 Å². The van der Waals surface area contributed by atoms with Gasteiger partial charge in [0, 0.05) is 31.3 Å². The maximum Gasteiger partial charge on any atom is 0.352 e. The van der Waals surface area contributed by atoms with Gasteiger partial charge in [-0.3, -0.25) is 19.3 Å². The van der Waals surface area contributed by atoms with Crippen molar-refractivity contribution in [2.45, 2.75) is 11.4 Å². The lowest BCUT2D eigenvalue weighted by Crippen LogP contribution is -2.71. The van der Waals surface area contributed by atoms with E-state index in [4.69, 9.17) is 10.3 Å². The predicted octanol–water partition coefficient (Wildman–Crippen LogP) is 0.0454. The molecule has 2 aromatic rings. The average Bonchev–Trinajstić information content (AvgIpc) is 3.49. The first kappa shape index (κ1) is 24.9. The molecule has 0 spiro atoms. The number of aliphatic carboxylic acids is 1. The molecule has 188 valence electrons. The quantitative estimate of drug-likeness (QED) is 0.162. The summed E-state index contributed by atoms with van der Waals surface area (Å²) in [6.45, 7) is 0. The molecule has 0 radical (unpaired) electrons. The number of nitrogens with zero attached hydrogens (tertiary/aromatic N) is 5. The summed E-state index contributed by atoms with van der Waals surface area (Å²) in [6, 6.07) is 0.374. The molecule has 2 unspecified atom stereocenters. The Hall–Kier alpha value is -4.18. The van der Waals surface area contributed by atoms with E-state index in [1.54, 1.807) is 14.1 Å². The largest absolute Gasteiger partial charge is 0.477 e. The Kier molecular flexibility index (Phi) is 6.80. The molecule has 5 N–H and O–H groups in total. The zero-order valence-electron chi connectivity index (χ0n) is 18.7. The molecule has 0 bridgehead atoms. The minimum absolute atomic E-state index is 0.0406. The molecule has 14 nitrogen and oxygen atoms in total. The zero-order valence-corrected chi connectivity index (χ0v) is 20.4. The molecule has 4 rings (SSSR count). The number of thiazole rings is 1. The first-order valence-corrected chi connectivity index (χ1v) is 12.1. The molecule has 4 heterocycles. The molecule has 1 saturated heterocycles. The van der Waals surface area contributed by atoms with Crippen LogP contribution in [-0.4, -0.2) is 90.9 Å². The third kappa shape index (κ3) is 4.55. The lowest BCUT2D eigenvalue weighted by Gasteiger charge is -2.49. The highest BCUT2D eigenvalue weighted by Gasteiger charge is 2.54. The number of nitrogens with one attached hydrogen (secondary N) is 1. The van der Waals surface area contributed by atoms with Crippen molar-refractivity contribution in [3.63, 3.8) is 0 Å². The van der Waals surface area contributed by atoms with Crippen LogP contribution in [0.5, 0.6) is 0 Å². The summed E-state index contributed by atoms with van der Waals surface area (Å²) >= 11 is 2.28. The average molecular weight is 534 g/mol. The summed E-state index contributed by atoms with van der Waals surface area (Å²) in [7, 11) is 3.14. The van der Waals surface area contributed by atoms with Crippen molar-refractivity contribution in [1.29, 1.82) is 0 Å². The van der Waals surface area contributed by atoms with Gasteiger partial charge in [-0.2, -0.15) is 0 Å². The fraction of sp³-hybridized carbons (Fsp3) is 0.250. The standard InChI is InChI=1S/C20H19N7O7S2/c1-26(2)16(29)10-5-9(34-25-10)4-3-8-6-35-18-13(17(30)27(18)14(8)19(31)32)23-15(28)12(24-33)11-7-36-20(21)22-11/h3-5,7,13,18,33H,6H2,1-2H3,(H2,21,22)(H,23,28)(H,31,32)/b4-3+,24-12-. The lowest BCUT2D eigenvalue weighted by atomic mass is 10.0. The van der Waals surface area contributed by atoms with Crippen LogP contribution in [0, 0.1) is 0 Å². The highest BCUT2D eigenvalue weighted by atomic mass is 32.2. The van der Waals surface area contributed by atoms with Crippen molar-refractivity contribution in [2.24, 2.45) is 5.16 Å². The summed E-state index contributed by atoms with van der Waals surface area (Å²) in [6.07, 6.45) is 2.92. The lowest BCUT2D eigenvalue weighted by molar-refractivity contribution is -0.150. The Bertz CT molecular complexity index is 1340. The number of β-lactam (4-membered cyclic amide) rings is 1. The topological polar surface area (TPSA) is 205 Å². The second-order valence-electron chi connectivity index (χ2n) is 7.71. The molecule has 1 fully saturated rings. The van der Waals surface area contributed by atoms with Gasteiger partial charge in [0.05, 0.1) is 0 Å². The zero-order chi connectivity index (χ0) is 26.1. The smallest absolute Gasteiger partial charge is 0.352 e. The Morgan fingerprint density at radius 2 is 2.08 bits per heavy atom. The van der Waals surface area contributed by atoms with E-state index >= 15 is 0 Å². The Balaban J connectivity index is 1.50. The minimum atomic E-state index is -1.32. The summed E-state index contributed by atoms with van der Waals surface area (Å²) in [4.78, 5) is 55.7. The Morgan fingerprint density at radius 1 is 1.33 bits per heavy atom. The number of carbonyl (C=O) groups is 4. The fourth-order valence-corrected chi connectivity index (χ4v) is 5.34. The van der Waals surface area contributed by atoms with E-state index in [2.05, 4.69) is 20.6 Å². The van der Waals surface area contributed by atoms with Crippen LogP contribution in [0.1, 0.15) is 21.9 Å². The number of oxime groups is 1. The van der Waals surface area contributed by atoms with Gasteiger partial charge in [0.1, 0.15) is 22.8 Å². The number of amides is 3. The summed E-state index contributed by atoms with van der Waals surface area (Å²) < 4.78 is 5.10. The van der Waals surface area contributed by atoms with Gasteiger partial charge in [0.15, 0.2) is 22.3 Å². The van der Waals surface area contributed by atoms with E-state index < -0.39 is 34.9 Å². The van der Waals surface area contributed by atoms with E-state index in [0.717, 1.165) is 16.2 Å². The second kappa shape index (κ2) is 9.82. The highest BCUT2D eigenvalue weighted by Crippen LogP contribution is 2.40. The number of aromatic nitrogens is 2. The SMILES string of the molecule is CN(C)C(=O)c1cc(/C=C/C2=C(C(=O)O)N3C(=O)C(NC(=O)/C(=N\O)c4csc(N)n4)C3SC2)on1. The molecule has 3 amide bonds. The molecule has 2 aliphatic heterocycles. The second-order valence-corrected chi connectivity index (χ2v) is 9.70. The first-order valence-electron chi connectivity index (χ1n) is 10.1. The number of allylic oxidation sites excluding steroid dienone is 1. The van der Waals surface area contributed by atoms with Gasteiger partial charge in [0.25, 0.3) is 17.7 Å². The van der Waals surface area contributed by atoms with E-state index in [1.165, 1.54) is 40.3 Å². The number of fused-ring (bicyclic) bond motifs is 1. The van der Waals surface area contributed by atoms with E-state index in [9.17, 15) is 29.5 Å². The normalized spacial score (nSPS) is 19.8. The molecular weight excluding hydrogens is 514 g/mol. The number of carboxylic acids is 1. The van der Waals surface area contributed by atoms with Gasteiger partial charge in [-0.1, -0.05) is 16.4 Å². The van der Waals surface area contributed by atoms with Crippen LogP contribution in [0.15, 0.2) is 38.5 Å². The summed E-state index contributed by atoms with van der Waals surface area (Å²) in [5.41, 5.74) is 5.34. The monoisotopic (exact) mass is 533 g/mol. The molecule has 0 saturated carbocycles. The van der Waals surface area contributed by atoms with Crippen LogP contribution in [0.2, 0.25) is 0 Å². The molecule has 0 aliphatic carbocycles. The van der Waals surface area contributed by atoms with Crippen LogP contribution in [0.25, 0.3) is 6.08 Å². The number of thioether (sulfide) groups is 1. The third-order valence-corrected chi connectivity index (χ3v) is 7.15. The number of anilines is 1. The molecule has 16 heteroatoms. The van der Waals surface area contributed by atoms with Crippen molar-refractivity contribution >= 4 is 63.7 Å². The van der Waals surface area contributed by atoms with Gasteiger partial charge in [0.2, 0.25) is 0 Å². The summed E-state index contributed by atoms with van der Waals surface area (Å²) in [5, 5.41) is 29.1. The number of carboxylic acid groups (broad SMARTS) is 1. The van der Waals surface area contributed by atoms with Crippen LogP contribution in [0.3, 0.4) is 0 Å². The summed E-state index contributed by atoms with van der Waals surface area (Å²) in [5.74, 6) is -2.75. The van der Waals surface area contributed by atoms with Crippen LogP contribution >= 0.6 is 23.1 Å². The number of carbonyl (C=O) groups excluding carboxylic acids is 3. The van der Waals surface area contributed by atoms with Gasteiger partial charge in [-0.15, -0.1) is 23.1 Å². The number of rotatable bonds is 7. The molecular formula is C20H19N7O7S2. The maximum atomic E-state index is 12.8. The van der Waals surface area contributed by atoms with Crippen LogP contribution in [0.4, 0.5) is 5.13 Å². The number of nitrogens with two attached hydrogens (primary N) is 1. The number of hydrogen-bond acceptors (Lipinski definition) is 12. The van der Waals surface area contributed by atoms with E-state index in [0.29, 0.717) is 5.57 Å². The van der Waals surface area contributed by atoms with E-state index in [-0.39, 0.29) is 39.6 Å². The molecule has 2 atom stereocenters. The number of nitrogen functional groups attached to an aromatic ring is 1. The van der Waals surface area contributed by atoms with Crippen molar-refractivity contribution in [2.75, 3.05) is 25.6 Å². The predicted molar refractivity (Wildman–Crippen MR) is 128 cm³/mol.